The molecule has 0 heterocycles. The Labute approximate surface area is 208 Å². The first-order chi connectivity index (χ1) is 15.3. The Bertz CT molecular complexity index is 770. The van der Waals surface area contributed by atoms with Crippen LogP contribution >= 0.6 is 11.6 Å². The van der Waals surface area contributed by atoms with Crippen LogP contribution in [-0.4, -0.2) is 52.3 Å². The van der Waals surface area contributed by atoms with E-state index in [9.17, 15) is 22.4 Å². The number of hydrogen-bond acceptors (Lipinski definition) is 4. The Morgan fingerprint density at radius 1 is 1.06 bits per heavy atom. The second-order valence-corrected chi connectivity index (χ2v) is 13.7. The number of rotatable bonds is 8. The first-order valence-electron chi connectivity index (χ1n) is 10.9. The normalized spacial score (nSPS) is 12.8. The number of carbonyl (C=O) groups excluding carboxylic acids is 1. The third-order valence-electron chi connectivity index (χ3n) is 4.11. The molecule has 0 aromatic heterocycles. The fraction of sp³-hybridized carbons (Fsp3) is 0.696. The predicted octanol–water partition coefficient (Wildman–Crippen LogP) is 6.11. The quantitative estimate of drug-likeness (QED) is 0.325. The van der Waals surface area contributed by atoms with Crippen molar-refractivity contribution in [3.05, 3.63) is 34.3 Å². The number of hydrogen-bond donors (Lipinski definition) is 1. The smallest absolute Gasteiger partial charge is 0.410 e. The van der Waals surface area contributed by atoms with Gasteiger partial charge in [-0.2, -0.15) is 0 Å². The van der Waals surface area contributed by atoms with E-state index < -0.39 is 53.0 Å². The zero-order valence-corrected chi connectivity index (χ0v) is 23.5. The molecular formula is C23H39ClF4N2O3Si. The van der Waals surface area contributed by atoms with Crippen molar-refractivity contribution >= 4 is 27.5 Å². The molecule has 1 aromatic rings. The molecule has 1 amide bonds. The molecule has 198 valence electrons. The first-order valence-corrected chi connectivity index (χ1v) is 12.6. The number of halogens is 5. The van der Waals surface area contributed by atoms with Gasteiger partial charge in [0.25, 0.3) is 12.9 Å². The lowest BCUT2D eigenvalue weighted by molar-refractivity contribution is 0.00815. The highest BCUT2D eigenvalue weighted by molar-refractivity contribution is 6.32. The zero-order valence-electron chi connectivity index (χ0n) is 21.4. The number of ether oxygens (including phenoxy) is 1. The van der Waals surface area contributed by atoms with Gasteiger partial charge in [-0.3, -0.25) is 4.90 Å². The molecule has 0 saturated heterocycles. The topological polar surface area (TPSA) is 64.8 Å². The van der Waals surface area contributed by atoms with E-state index in [-0.39, 0.29) is 11.6 Å². The van der Waals surface area contributed by atoms with Gasteiger partial charge < -0.3 is 14.9 Å². The molecule has 0 aliphatic heterocycles. The molecule has 0 spiro atoms. The molecule has 2 N–H and O–H groups in total. The van der Waals surface area contributed by atoms with Crippen LogP contribution in [0.2, 0.25) is 10.1 Å². The highest BCUT2D eigenvalue weighted by Gasteiger charge is 2.28. The summed E-state index contributed by atoms with van der Waals surface area (Å²) >= 11 is 6.41. The lowest BCUT2D eigenvalue weighted by Gasteiger charge is -2.32. The molecule has 0 saturated carbocycles. The average molecular weight is 531 g/mol. The Morgan fingerprint density at radius 2 is 1.59 bits per heavy atom. The van der Waals surface area contributed by atoms with Crippen LogP contribution in [0.4, 0.5) is 22.4 Å². The molecule has 0 atom stereocenters. The van der Waals surface area contributed by atoms with Crippen LogP contribution in [-0.2, 0) is 21.3 Å². The Kier molecular flexibility index (Phi) is 13.1. The van der Waals surface area contributed by atoms with E-state index in [0.29, 0.717) is 10.6 Å². The SMILES string of the molecule is CC(C)(C)OC(=O)N(Cc1ccc(Cl)c(C(C)(C)O[SiH2]C(C)(C)C)c1)CC(F)F.NCC(F)F. The Hall–Kier alpha value is -1.36. The van der Waals surface area contributed by atoms with Gasteiger partial charge in [-0.05, 0) is 57.4 Å². The van der Waals surface area contributed by atoms with Crippen LogP contribution in [0, 0.1) is 0 Å². The molecule has 0 fully saturated rings. The third kappa shape index (κ3) is 14.1. The summed E-state index contributed by atoms with van der Waals surface area (Å²) in [7, 11) is -0.838. The van der Waals surface area contributed by atoms with Crippen molar-refractivity contribution in [3.8, 4) is 0 Å². The second-order valence-electron chi connectivity index (χ2n) is 10.6. The highest BCUT2D eigenvalue weighted by atomic mass is 35.5. The Balaban J connectivity index is 0.00000196. The van der Waals surface area contributed by atoms with Crippen molar-refractivity contribution in [1.82, 2.24) is 4.90 Å². The van der Waals surface area contributed by atoms with Crippen molar-refractivity contribution in [2.75, 3.05) is 13.1 Å². The van der Waals surface area contributed by atoms with Gasteiger partial charge >= 0.3 is 6.09 Å². The second kappa shape index (κ2) is 13.7. The van der Waals surface area contributed by atoms with Crippen LogP contribution in [0.1, 0.15) is 66.5 Å². The first kappa shape index (κ1) is 32.6. The number of benzene rings is 1. The molecule has 0 bridgehead atoms. The molecule has 1 aromatic carbocycles. The van der Waals surface area contributed by atoms with Crippen LogP contribution in [0.5, 0.6) is 0 Å². The summed E-state index contributed by atoms with van der Waals surface area (Å²) in [6.07, 6.45) is -5.77. The third-order valence-corrected chi connectivity index (χ3v) is 6.17. The molecule has 5 nitrogen and oxygen atoms in total. The average Bonchev–Trinajstić information content (AvgIpc) is 2.65. The van der Waals surface area contributed by atoms with Gasteiger partial charge in [0.05, 0.1) is 18.7 Å². The summed E-state index contributed by atoms with van der Waals surface area (Å²) in [5.41, 5.74) is 4.49. The van der Waals surface area contributed by atoms with Crippen LogP contribution in [0.25, 0.3) is 0 Å². The maximum absolute atomic E-state index is 13.0. The molecule has 0 aliphatic rings. The van der Waals surface area contributed by atoms with Crippen molar-refractivity contribution in [3.63, 3.8) is 0 Å². The lowest BCUT2D eigenvalue weighted by atomic mass is 9.96. The van der Waals surface area contributed by atoms with Crippen molar-refractivity contribution in [1.29, 1.82) is 0 Å². The van der Waals surface area contributed by atoms with E-state index in [1.807, 2.05) is 19.9 Å². The van der Waals surface area contributed by atoms with E-state index in [0.717, 1.165) is 10.5 Å². The van der Waals surface area contributed by atoms with Gasteiger partial charge in [-0.25, -0.2) is 22.4 Å². The van der Waals surface area contributed by atoms with Gasteiger partial charge in [-0.15, -0.1) is 0 Å². The predicted molar refractivity (Wildman–Crippen MR) is 132 cm³/mol. The molecule has 0 aliphatic carbocycles. The summed E-state index contributed by atoms with van der Waals surface area (Å²) in [5.74, 6) is 0. The molecule has 0 unspecified atom stereocenters. The van der Waals surface area contributed by atoms with Crippen molar-refractivity contribution < 1.29 is 31.5 Å². The van der Waals surface area contributed by atoms with Crippen LogP contribution < -0.4 is 5.73 Å². The van der Waals surface area contributed by atoms with Crippen LogP contribution in [0.3, 0.4) is 0 Å². The molecular weight excluding hydrogens is 492 g/mol. The number of amides is 1. The summed E-state index contributed by atoms with van der Waals surface area (Å²) in [5, 5.41) is 0.658. The number of nitrogens with zero attached hydrogens (tertiary/aromatic N) is 1. The molecule has 1 rings (SSSR count). The fourth-order valence-electron chi connectivity index (χ4n) is 2.52. The van der Waals surface area contributed by atoms with Crippen molar-refractivity contribution in [2.24, 2.45) is 5.73 Å². The summed E-state index contributed by atoms with van der Waals surface area (Å²) in [6.45, 7) is 14.2. The summed E-state index contributed by atoms with van der Waals surface area (Å²) in [6, 6.07) is 5.26. The van der Waals surface area contributed by atoms with E-state index in [2.05, 4.69) is 26.5 Å². The summed E-state index contributed by atoms with van der Waals surface area (Å²) in [4.78, 5) is 13.4. The molecule has 0 radical (unpaired) electrons. The summed E-state index contributed by atoms with van der Waals surface area (Å²) < 4.78 is 58.9. The minimum Gasteiger partial charge on any atom is -0.444 e. The number of alkyl halides is 4. The van der Waals surface area contributed by atoms with Gasteiger partial charge in [0.15, 0.2) is 9.76 Å². The minimum atomic E-state index is -2.66. The van der Waals surface area contributed by atoms with Gasteiger partial charge in [-0.1, -0.05) is 38.4 Å². The van der Waals surface area contributed by atoms with Crippen molar-refractivity contribution in [2.45, 2.75) is 91.0 Å². The Morgan fingerprint density at radius 3 is 2.00 bits per heavy atom. The maximum atomic E-state index is 13.0. The highest BCUT2D eigenvalue weighted by Crippen LogP contribution is 2.34. The monoisotopic (exact) mass is 530 g/mol. The molecule has 34 heavy (non-hydrogen) atoms. The van der Waals surface area contributed by atoms with E-state index in [4.69, 9.17) is 20.8 Å². The van der Waals surface area contributed by atoms with E-state index in [1.165, 1.54) is 0 Å². The standard InChI is InChI=1S/C21H34ClF2NO3Si.C2H5F2N/c1-19(2,3)27-18(26)25(13-17(23)24)12-14-9-10-16(22)15(11-14)21(7,8)28-29-20(4,5)6;3-2(4)1-5/h9-11,17H,12-13,29H2,1-8H3;2H,1,5H2. The maximum Gasteiger partial charge on any atom is 0.410 e. The largest absolute Gasteiger partial charge is 0.444 e. The minimum absolute atomic E-state index is 0.00377. The van der Waals surface area contributed by atoms with Gasteiger partial charge in [0, 0.05) is 17.1 Å². The number of carbonyl (C=O) groups is 1. The lowest BCUT2D eigenvalue weighted by Crippen LogP contribution is -2.39. The molecule has 11 heteroatoms. The van der Waals surface area contributed by atoms with Crippen LogP contribution in [0.15, 0.2) is 18.2 Å². The van der Waals surface area contributed by atoms with E-state index >= 15 is 0 Å². The van der Waals surface area contributed by atoms with Gasteiger partial charge in [0.2, 0.25) is 0 Å². The number of nitrogens with two attached hydrogens (primary N) is 1. The van der Waals surface area contributed by atoms with E-state index in [1.54, 1.807) is 32.9 Å². The van der Waals surface area contributed by atoms with Gasteiger partial charge in [0.1, 0.15) is 5.60 Å². The zero-order chi connectivity index (χ0) is 26.9. The fourth-order valence-corrected chi connectivity index (χ4v) is 3.82.